The van der Waals surface area contributed by atoms with Gasteiger partial charge in [-0.3, -0.25) is 4.79 Å². The maximum Gasteiger partial charge on any atom is 0.240 e. The number of furan rings is 1. The summed E-state index contributed by atoms with van der Waals surface area (Å²) in [6.45, 7) is 3.22. The van der Waals surface area contributed by atoms with Crippen LogP contribution in [0.3, 0.4) is 0 Å². The molecule has 5 heteroatoms. The summed E-state index contributed by atoms with van der Waals surface area (Å²) in [7, 11) is 0. The summed E-state index contributed by atoms with van der Waals surface area (Å²) in [5.74, 6) is 1.89. The second-order valence-corrected chi connectivity index (χ2v) is 7.70. The molecule has 0 saturated heterocycles. The highest BCUT2D eigenvalue weighted by atomic mass is 32.2. The van der Waals surface area contributed by atoms with Gasteiger partial charge in [-0.2, -0.15) is 0 Å². The Morgan fingerprint density at radius 3 is 2.92 bits per heavy atom. The zero-order valence-corrected chi connectivity index (χ0v) is 15.6. The monoisotopic (exact) mass is 366 g/mol. The molecule has 134 valence electrons. The summed E-state index contributed by atoms with van der Waals surface area (Å²) in [5.41, 5.74) is 2.00. The molecular formula is C21H22N2O2S. The first kappa shape index (κ1) is 17.0. The van der Waals surface area contributed by atoms with Gasteiger partial charge < -0.3 is 14.6 Å². The molecule has 0 saturated carbocycles. The summed E-state index contributed by atoms with van der Waals surface area (Å²) in [5, 5.41) is 4.13. The average Bonchev–Trinajstić information content (AvgIpc) is 2.99. The van der Waals surface area contributed by atoms with Crippen molar-refractivity contribution in [1.82, 2.24) is 5.32 Å². The Hall–Kier alpha value is -2.40. The third-order valence-electron chi connectivity index (χ3n) is 4.62. The lowest BCUT2D eigenvalue weighted by molar-refractivity contribution is -0.120. The highest BCUT2D eigenvalue weighted by Crippen LogP contribution is 2.33. The summed E-state index contributed by atoms with van der Waals surface area (Å²) in [6, 6.07) is 18.1. The standard InChI is InChI=1S/C21H22N2O2S/c1-15(19-13-16-7-2-4-9-18(16)25-19)22-21(24)14-23-11-6-12-26-20-10-5-3-8-17(20)23/h2-5,7-10,13,15H,6,11-12,14H2,1H3,(H,22,24)/t15-/m1/s1. The average molecular weight is 366 g/mol. The van der Waals surface area contributed by atoms with Crippen molar-refractivity contribution in [2.24, 2.45) is 0 Å². The quantitative estimate of drug-likeness (QED) is 0.732. The summed E-state index contributed by atoms with van der Waals surface area (Å²) in [4.78, 5) is 16.1. The first-order valence-corrected chi connectivity index (χ1v) is 9.94. The Bertz CT molecular complexity index is 888. The smallest absolute Gasteiger partial charge is 0.240 e. The van der Waals surface area contributed by atoms with Crippen LogP contribution in [-0.4, -0.2) is 24.7 Å². The SMILES string of the molecule is C[C@@H](NC(=O)CN1CCCSc2ccccc21)c1cc2ccccc2o1. The largest absolute Gasteiger partial charge is 0.459 e. The third kappa shape index (κ3) is 3.58. The first-order valence-electron chi connectivity index (χ1n) is 8.95. The molecule has 0 radical (unpaired) electrons. The number of benzene rings is 2. The molecule has 26 heavy (non-hydrogen) atoms. The number of hydrogen-bond donors (Lipinski definition) is 1. The molecule has 1 aliphatic rings. The number of amides is 1. The minimum atomic E-state index is -0.161. The van der Waals surface area contributed by atoms with Crippen LogP contribution in [0.4, 0.5) is 5.69 Å². The lowest BCUT2D eigenvalue weighted by Gasteiger charge is -2.24. The molecule has 0 bridgehead atoms. The molecule has 4 nitrogen and oxygen atoms in total. The van der Waals surface area contributed by atoms with Crippen molar-refractivity contribution in [2.45, 2.75) is 24.3 Å². The van der Waals surface area contributed by atoms with Crippen LogP contribution in [0.15, 0.2) is 63.9 Å². The van der Waals surface area contributed by atoms with Crippen molar-refractivity contribution in [3.63, 3.8) is 0 Å². The van der Waals surface area contributed by atoms with E-state index in [9.17, 15) is 4.79 Å². The van der Waals surface area contributed by atoms with E-state index >= 15 is 0 Å². The first-order chi connectivity index (χ1) is 12.7. The highest BCUT2D eigenvalue weighted by Gasteiger charge is 2.20. The van der Waals surface area contributed by atoms with Gasteiger partial charge >= 0.3 is 0 Å². The fourth-order valence-corrected chi connectivity index (χ4v) is 4.32. The van der Waals surface area contributed by atoms with Crippen LogP contribution in [-0.2, 0) is 4.79 Å². The predicted octanol–water partition coefficient (Wildman–Crippen LogP) is 4.61. The summed E-state index contributed by atoms with van der Waals surface area (Å²) >= 11 is 1.87. The maximum atomic E-state index is 12.6. The van der Waals surface area contributed by atoms with Gasteiger partial charge in [-0.25, -0.2) is 0 Å². The Morgan fingerprint density at radius 1 is 1.23 bits per heavy atom. The molecule has 2 heterocycles. The molecule has 1 atom stereocenters. The molecule has 0 aliphatic carbocycles. The number of nitrogens with one attached hydrogen (secondary N) is 1. The molecule has 0 spiro atoms. The van der Waals surface area contributed by atoms with Crippen LogP contribution >= 0.6 is 11.8 Å². The van der Waals surface area contributed by atoms with Crippen LogP contribution in [0.25, 0.3) is 11.0 Å². The normalized spacial score (nSPS) is 15.3. The van der Waals surface area contributed by atoms with Gasteiger partial charge in [0.15, 0.2) is 0 Å². The van der Waals surface area contributed by atoms with Crippen LogP contribution in [0.2, 0.25) is 0 Å². The molecule has 1 aromatic heterocycles. The van der Waals surface area contributed by atoms with E-state index in [4.69, 9.17) is 4.42 Å². The molecule has 2 aromatic carbocycles. The van der Waals surface area contributed by atoms with Crippen molar-refractivity contribution < 1.29 is 9.21 Å². The number of thioether (sulfide) groups is 1. The van der Waals surface area contributed by atoms with Gasteiger partial charge in [0.1, 0.15) is 11.3 Å². The molecule has 1 aliphatic heterocycles. The van der Waals surface area contributed by atoms with E-state index in [1.165, 1.54) is 4.90 Å². The summed E-state index contributed by atoms with van der Waals surface area (Å²) in [6.07, 6.45) is 1.08. The number of carbonyl (C=O) groups is 1. The molecule has 0 unspecified atom stereocenters. The topological polar surface area (TPSA) is 45.5 Å². The van der Waals surface area contributed by atoms with Crippen LogP contribution in [0.1, 0.15) is 25.1 Å². The lowest BCUT2D eigenvalue weighted by Crippen LogP contribution is -2.38. The Balaban J connectivity index is 1.45. The Morgan fingerprint density at radius 2 is 2.04 bits per heavy atom. The molecule has 3 aromatic rings. The van der Waals surface area contributed by atoms with E-state index in [0.29, 0.717) is 6.54 Å². The van der Waals surface area contributed by atoms with Crippen molar-refractivity contribution in [3.8, 4) is 0 Å². The van der Waals surface area contributed by atoms with Gasteiger partial charge in [-0.1, -0.05) is 30.3 Å². The number of rotatable bonds is 4. The second-order valence-electron chi connectivity index (χ2n) is 6.57. The molecule has 1 N–H and O–H groups in total. The zero-order chi connectivity index (χ0) is 17.9. The van der Waals surface area contributed by atoms with E-state index < -0.39 is 0 Å². The van der Waals surface area contributed by atoms with Gasteiger partial charge in [-0.15, -0.1) is 11.8 Å². The molecule has 0 fully saturated rings. The van der Waals surface area contributed by atoms with E-state index in [1.807, 2.05) is 55.1 Å². The fraction of sp³-hybridized carbons (Fsp3) is 0.286. The van der Waals surface area contributed by atoms with E-state index in [2.05, 4.69) is 28.4 Å². The van der Waals surface area contributed by atoms with Crippen molar-refractivity contribution in [1.29, 1.82) is 0 Å². The van der Waals surface area contributed by atoms with Crippen LogP contribution in [0.5, 0.6) is 0 Å². The van der Waals surface area contributed by atoms with Crippen molar-refractivity contribution >= 4 is 34.3 Å². The van der Waals surface area contributed by atoms with E-state index in [0.717, 1.165) is 41.1 Å². The molecule has 4 rings (SSSR count). The van der Waals surface area contributed by atoms with Gasteiger partial charge in [-0.05, 0) is 43.4 Å². The van der Waals surface area contributed by atoms with Crippen molar-refractivity contribution in [3.05, 3.63) is 60.4 Å². The second kappa shape index (κ2) is 7.46. The predicted molar refractivity (Wildman–Crippen MR) is 107 cm³/mol. The molecular weight excluding hydrogens is 344 g/mol. The van der Waals surface area contributed by atoms with Crippen molar-refractivity contribution in [2.75, 3.05) is 23.7 Å². The number of fused-ring (bicyclic) bond motifs is 2. The number of anilines is 1. The highest BCUT2D eigenvalue weighted by molar-refractivity contribution is 7.99. The summed E-state index contributed by atoms with van der Waals surface area (Å²) < 4.78 is 5.87. The Labute approximate surface area is 157 Å². The minimum absolute atomic E-state index is 0.0136. The number of carbonyl (C=O) groups excluding carboxylic acids is 1. The lowest BCUT2D eigenvalue weighted by atomic mass is 10.2. The third-order valence-corrected chi connectivity index (χ3v) is 5.77. The van der Waals surface area contributed by atoms with Crippen LogP contribution < -0.4 is 10.2 Å². The van der Waals surface area contributed by atoms with Gasteiger partial charge in [0.05, 0.1) is 18.3 Å². The maximum absolute atomic E-state index is 12.6. The van der Waals surface area contributed by atoms with Gasteiger partial charge in [0.2, 0.25) is 5.91 Å². The van der Waals surface area contributed by atoms with Crippen LogP contribution in [0, 0.1) is 0 Å². The Kier molecular flexibility index (Phi) is 4.89. The van der Waals surface area contributed by atoms with E-state index in [-0.39, 0.29) is 11.9 Å². The zero-order valence-electron chi connectivity index (χ0n) is 14.8. The number of para-hydroxylation sites is 2. The molecule has 1 amide bonds. The number of nitrogens with zero attached hydrogens (tertiary/aromatic N) is 1. The van der Waals surface area contributed by atoms with Gasteiger partial charge in [0, 0.05) is 16.8 Å². The van der Waals surface area contributed by atoms with E-state index in [1.54, 1.807) is 0 Å². The number of hydrogen-bond acceptors (Lipinski definition) is 4. The fourth-order valence-electron chi connectivity index (χ4n) is 3.31. The minimum Gasteiger partial charge on any atom is -0.459 e. The van der Waals surface area contributed by atoms with Gasteiger partial charge in [0.25, 0.3) is 0 Å².